The van der Waals surface area contributed by atoms with Gasteiger partial charge in [-0.15, -0.1) is 0 Å². The number of aromatic amines is 1. The third-order valence-corrected chi connectivity index (χ3v) is 4.72. The molecule has 0 spiro atoms. The van der Waals surface area contributed by atoms with Crippen molar-refractivity contribution < 1.29 is 9.47 Å². The summed E-state index contributed by atoms with van der Waals surface area (Å²) >= 11 is 1.67. The van der Waals surface area contributed by atoms with Gasteiger partial charge in [0.1, 0.15) is 17.0 Å². The van der Waals surface area contributed by atoms with Crippen molar-refractivity contribution in [2.24, 2.45) is 0 Å². The third-order valence-electron chi connectivity index (χ3n) is 3.80. The van der Waals surface area contributed by atoms with Crippen molar-refractivity contribution in [3.05, 3.63) is 42.0 Å². The lowest BCUT2D eigenvalue weighted by Crippen LogP contribution is -2.10. The highest BCUT2D eigenvalue weighted by molar-refractivity contribution is 7.98. The molecule has 0 atom stereocenters. The molecule has 3 rings (SSSR count). The quantitative estimate of drug-likeness (QED) is 0.687. The van der Waals surface area contributed by atoms with Gasteiger partial charge in [-0.1, -0.05) is 30.0 Å². The number of hydrogen-bond acceptors (Lipinski definition) is 5. The second-order valence-electron chi connectivity index (χ2n) is 5.58. The van der Waals surface area contributed by atoms with Crippen LogP contribution < -0.4 is 14.4 Å². The van der Waals surface area contributed by atoms with E-state index in [1.54, 1.807) is 26.0 Å². The molecule has 0 unspecified atom stereocenters. The van der Waals surface area contributed by atoms with Crippen molar-refractivity contribution in [3.63, 3.8) is 0 Å². The molecule has 0 radical (unpaired) electrons. The number of benzene rings is 2. The van der Waals surface area contributed by atoms with Crippen molar-refractivity contribution in [1.29, 1.82) is 0 Å². The Morgan fingerprint density at radius 1 is 1.12 bits per heavy atom. The zero-order valence-electron chi connectivity index (χ0n) is 14.3. The van der Waals surface area contributed by atoms with Crippen LogP contribution in [-0.2, 0) is 5.75 Å². The van der Waals surface area contributed by atoms with Gasteiger partial charge < -0.3 is 19.4 Å². The van der Waals surface area contributed by atoms with Crippen LogP contribution >= 0.6 is 11.8 Å². The molecule has 5 nitrogen and oxygen atoms in total. The van der Waals surface area contributed by atoms with E-state index >= 15 is 0 Å². The Kier molecular flexibility index (Phi) is 4.85. The molecule has 1 N–H and O–H groups in total. The van der Waals surface area contributed by atoms with Crippen LogP contribution in [0, 0.1) is 0 Å². The molecule has 0 aliphatic heterocycles. The fourth-order valence-corrected chi connectivity index (χ4v) is 3.47. The van der Waals surface area contributed by atoms with Crippen molar-refractivity contribution in [2.75, 3.05) is 33.2 Å². The van der Waals surface area contributed by atoms with E-state index in [1.165, 1.54) is 11.3 Å². The lowest BCUT2D eigenvalue weighted by Gasteiger charge is -2.16. The van der Waals surface area contributed by atoms with Gasteiger partial charge in [-0.05, 0) is 11.6 Å². The van der Waals surface area contributed by atoms with E-state index in [4.69, 9.17) is 9.47 Å². The second-order valence-corrected chi connectivity index (χ2v) is 6.54. The first kappa shape index (κ1) is 16.5. The van der Waals surface area contributed by atoms with Crippen LogP contribution in [0.5, 0.6) is 11.5 Å². The van der Waals surface area contributed by atoms with Gasteiger partial charge in [0, 0.05) is 37.7 Å². The number of imidazole rings is 1. The minimum Gasteiger partial charge on any atom is -0.497 e. The van der Waals surface area contributed by atoms with E-state index in [-0.39, 0.29) is 0 Å². The van der Waals surface area contributed by atoms with Gasteiger partial charge in [0.05, 0.1) is 19.7 Å². The molecule has 0 aliphatic carbocycles. The second kappa shape index (κ2) is 7.05. The fraction of sp³-hybridized carbons (Fsp3) is 0.278. The summed E-state index contributed by atoms with van der Waals surface area (Å²) in [4.78, 5) is 10.1. The summed E-state index contributed by atoms with van der Waals surface area (Å²) in [5, 5.41) is 0.866. The Balaban J connectivity index is 1.86. The van der Waals surface area contributed by atoms with Crippen LogP contribution in [-0.4, -0.2) is 38.3 Å². The normalized spacial score (nSPS) is 10.8. The van der Waals surface area contributed by atoms with Crippen LogP contribution in [0.15, 0.2) is 41.6 Å². The molecule has 0 aliphatic rings. The minimum absolute atomic E-state index is 0.709. The monoisotopic (exact) mass is 343 g/mol. The largest absolute Gasteiger partial charge is 0.497 e. The number of aromatic nitrogens is 2. The van der Waals surface area contributed by atoms with Gasteiger partial charge in [0.15, 0.2) is 5.16 Å². The number of methoxy groups -OCH3 is 2. The summed E-state index contributed by atoms with van der Waals surface area (Å²) in [5.74, 6) is 2.30. The molecule has 1 aromatic heterocycles. The maximum absolute atomic E-state index is 5.42. The number of rotatable bonds is 6. The highest BCUT2D eigenvalue weighted by Crippen LogP contribution is 2.33. The molecule has 0 saturated heterocycles. The number of nitrogens with one attached hydrogen (secondary N) is 1. The van der Waals surface area contributed by atoms with Crippen molar-refractivity contribution in [1.82, 2.24) is 9.97 Å². The van der Waals surface area contributed by atoms with Gasteiger partial charge in [0.2, 0.25) is 0 Å². The lowest BCUT2D eigenvalue weighted by atomic mass is 10.2. The molecule has 1 heterocycles. The van der Waals surface area contributed by atoms with Crippen LogP contribution in [0.25, 0.3) is 11.0 Å². The molecule has 0 saturated carbocycles. The number of H-pyrrole nitrogens is 1. The zero-order chi connectivity index (χ0) is 17.1. The van der Waals surface area contributed by atoms with E-state index in [0.717, 1.165) is 27.7 Å². The van der Waals surface area contributed by atoms with Gasteiger partial charge in [-0.3, -0.25) is 0 Å². The first-order valence-electron chi connectivity index (χ1n) is 7.62. The minimum atomic E-state index is 0.709. The van der Waals surface area contributed by atoms with Gasteiger partial charge in [-0.2, -0.15) is 0 Å². The van der Waals surface area contributed by atoms with Crippen LogP contribution in [0.3, 0.4) is 0 Å². The number of thioether (sulfide) groups is 1. The summed E-state index contributed by atoms with van der Waals surface area (Å²) in [6.07, 6.45) is 0. The van der Waals surface area contributed by atoms with E-state index < -0.39 is 0 Å². The first-order chi connectivity index (χ1) is 11.6. The highest BCUT2D eigenvalue weighted by atomic mass is 32.2. The maximum Gasteiger partial charge on any atom is 0.166 e. The van der Waals surface area contributed by atoms with E-state index in [0.29, 0.717) is 5.75 Å². The third kappa shape index (κ3) is 3.28. The molecule has 6 heteroatoms. The van der Waals surface area contributed by atoms with Gasteiger partial charge in [-0.25, -0.2) is 4.98 Å². The number of nitrogens with zero attached hydrogens (tertiary/aromatic N) is 2. The topological polar surface area (TPSA) is 50.4 Å². The van der Waals surface area contributed by atoms with Gasteiger partial charge >= 0.3 is 0 Å². The first-order valence-corrected chi connectivity index (χ1v) is 8.60. The Bertz CT molecular complexity index is 845. The predicted octanol–water partition coefficient (Wildman–Crippen LogP) is 3.94. The number of para-hydroxylation sites is 1. The number of anilines is 1. The Morgan fingerprint density at radius 2 is 1.92 bits per heavy atom. The fourth-order valence-electron chi connectivity index (χ4n) is 2.59. The van der Waals surface area contributed by atoms with Gasteiger partial charge in [0.25, 0.3) is 0 Å². The lowest BCUT2D eigenvalue weighted by molar-refractivity contribution is 0.397. The summed E-state index contributed by atoms with van der Waals surface area (Å²) in [6.45, 7) is 0. The summed E-state index contributed by atoms with van der Waals surface area (Å²) in [5.41, 5.74) is 4.23. The van der Waals surface area contributed by atoms with E-state index in [2.05, 4.69) is 53.2 Å². The van der Waals surface area contributed by atoms with Crippen LogP contribution in [0.1, 0.15) is 5.56 Å². The predicted molar refractivity (Wildman–Crippen MR) is 99.5 cm³/mol. The summed E-state index contributed by atoms with van der Waals surface area (Å²) < 4.78 is 10.7. The molecule has 0 amide bonds. The van der Waals surface area contributed by atoms with Crippen molar-refractivity contribution >= 4 is 28.5 Å². The van der Waals surface area contributed by atoms with Crippen LogP contribution in [0.2, 0.25) is 0 Å². The Labute approximate surface area is 146 Å². The Morgan fingerprint density at radius 3 is 2.62 bits per heavy atom. The molecule has 2 aromatic carbocycles. The van der Waals surface area contributed by atoms with Crippen molar-refractivity contribution in [3.8, 4) is 11.5 Å². The average Bonchev–Trinajstić information content (AvgIpc) is 3.02. The zero-order valence-corrected chi connectivity index (χ0v) is 15.1. The average molecular weight is 343 g/mol. The highest BCUT2D eigenvalue weighted by Gasteiger charge is 2.12. The van der Waals surface area contributed by atoms with Crippen LogP contribution in [0.4, 0.5) is 5.69 Å². The molecular formula is C18H21N3O2S. The SMILES string of the molecule is COc1cc(OC)c2nc(SCc3ccccc3N(C)C)[nH]c2c1. The smallest absolute Gasteiger partial charge is 0.166 e. The molecule has 0 fully saturated rings. The molecule has 0 bridgehead atoms. The molecule has 3 aromatic rings. The van der Waals surface area contributed by atoms with E-state index in [1.807, 2.05) is 12.1 Å². The Hall–Kier alpha value is -2.34. The molecule has 24 heavy (non-hydrogen) atoms. The number of ether oxygens (including phenoxy) is 2. The standard InChI is InChI=1S/C18H21N3O2S/c1-21(2)15-8-6-5-7-12(15)11-24-18-19-14-9-13(22-3)10-16(23-4)17(14)20-18/h5-10H,11H2,1-4H3,(H,19,20). The molecular weight excluding hydrogens is 322 g/mol. The number of hydrogen-bond donors (Lipinski definition) is 1. The molecule has 126 valence electrons. The number of fused-ring (bicyclic) bond motifs is 1. The summed E-state index contributed by atoms with van der Waals surface area (Å²) in [6, 6.07) is 12.2. The summed E-state index contributed by atoms with van der Waals surface area (Å²) in [7, 11) is 7.40. The maximum atomic E-state index is 5.42. The van der Waals surface area contributed by atoms with Crippen molar-refractivity contribution in [2.45, 2.75) is 10.9 Å². The van der Waals surface area contributed by atoms with E-state index in [9.17, 15) is 0 Å².